The van der Waals surface area contributed by atoms with Gasteiger partial charge in [-0.2, -0.15) is 0 Å². The second kappa shape index (κ2) is 4.37. The summed E-state index contributed by atoms with van der Waals surface area (Å²) in [6.07, 6.45) is 3.97. The monoisotopic (exact) mass is 285 g/mol. The summed E-state index contributed by atoms with van der Waals surface area (Å²) in [5.74, 6) is 0.0169. The van der Waals surface area contributed by atoms with Crippen LogP contribution in [0, 0.1) is 0 Å². The lowest BCUT2D eigenvalue weighted by Gasteiger charge is -2.15. The Kier molecular flexibility index (Phi) is 3.12. The number of nitrogens with zero attached hydrogens (tertiary/aromatic N) is 1. The van der Waals surface area contributed by atoms with Gasteiger partial charge in [0, 0.05) is 28.1 Å². The van der Waals surface area contributed by atoms with Gasteiger partial charge in [0.2, 0.25) is 0 Å². The summed E-state index contributed by atoms with van der Waals surface area (Å²) in [6.45, 7) is 1.37. The van der Waals surface area contributed by atoms with E-state index in [1.54, 1.807) is 23.1 Å². The van der Waals surface area contributed by atoms with Crippen molar-refractivity contribution in [3.63, 3.8) is 0 Å². The molecule has 0 saturated heterocycles. The van der Waals surface area contributed by atoms with Gasteiger partial charge >= 0.3 is 0 Å². The van der Waals surface area contributed by atoms with Crippen LogP contribution in [0.25, 0.3) is 0 Å². The molecular weight excluding hydrogens is 277 g/mol. The third-order valence-electron chi connectivity index (χ3n) is 2.21. The minimum Gasteiger partial charge on any atom is -0.331 e. The van der Waals surface area contributed by atoms with Crippen LogP contribution in [-0.2, 0) is 0 Å². The summed E-state index contributed by atoms with van der Waals surface area (Å²) in [5, 5.41) is 0.569. The molecule has 1 amide bonds. The van der Waals surface area contributed by atoms with Gasteiger partial charge in [-0.25, -0.2) is 0 Å². The molecule has 0 spiro atoms. The van der Waals surface area contributed by atoms with Crippen LogP contribution in [0.2, 0.25) is 5.02 Å². The molecule has 1 aliphatic rings. The molecule has 78 valence electrons. The van der Waals surface area contributed by atoms with Gasteiger partial charge in [0.05, 0.1) is 0 Å². The van der Waals surface area contributed by atoms with Crippen molar-refractivity contribution < 1.29 is 4.79 Å². The Morgan fingerprint density at radius 3 is 2.53 bits per heavy atom. The zero-order valence-corrected chi connectivity index (χ0v) is 10.3. The Hall–Kier alpha value is -0.800. The third kappa shape index (κ3) is 2.41. The van der Waals surface area contributed by atoms with Gasteiger partial charge in [-0.3, -0.25) is 4.79 Å². The van der Waals surface area contributed by atoms with Crippen molar-refractivity contribution in [1.29, 1.82) is 0 Å². The number of rotatable bonds is 1. The predicted molar refractivity (Wildman–Crippen MR) is 64.2 cm³/mol. The number of carbonyl (C=O) groups is 1. The molecule has 0 fully saturated rings. The molecule has 0 saturated carbocycles. The second-order valence-corrected chi connectivity index (χ2v) is 4.69. The van der Waals surface area contributed by atoms with Crippen molar-refractivity contribution >= 4 is 33.4 Å². The van der Waals surface area contributed by atoms with Crippen LogP contribution >= 0.6 is 27.5 Å². The minimum atomic E-state index is 0.0169. The van der Waals surface area contributed by atoms with E-state index in [-0.39, 0.29) is 5.91 Å². The SMILES string of the molecule is O=C(c1cc(Cl)cc(Br)c1)N1CC=CC1. The van der Waals surface area contributed by atoms with Gasteiger partial charge in [-0.05, 0) is 18.2 Å². The number of hydrogen-bond acceptors (Lipinski definition) is 1. The predicted octanol–water partition coefficient (Wildman–Crippen LogP) is 3.11. The van der Waals surface area contributed by atoms with Crippen molar-refractivity contribution in [2.24, 2.45) is 0 Å². The minimum absolute atomic E-state index is 0.0169. The Morgan fingerprint density at radius 1 is 1.27 bits per heavy atom. The average molecular weight is 287 g/mol. The maximum atomic E-state index is 12.0. The molecule has 0 unspecified atom stereocenters. The number of halogens is 2. The number of carbonyl (C=O) groups excluding carboxylic acids is 1. The van der Waals surface area contributed by atoms with E-state index >= 15 is 0 Å². The van der Waals surface area contributed by atoms with Gasteiger partial charge < -0.3 is 4.90 Å². The summed E-state index contributed by atoms with van der Waals surface area (Å²) >= 11 is 9.20. The zero-order chi connectivity index (χ0) is 10.8. The maximum absolute atomic E-state index is 12.0. The summed E-state index contributed by atoms with van der Waals surface area (Å²) in [6, 6.07) is 5.24. The lowest BCUT2D eigenvalue weighted by Crippen LogP contribution is -2.28. The Morgan fingerprint density at radius 2 is 1.93 bits per heavy atom. The largest absolute Gasteiger partial charge is 0.331 e. The molecule has 1 heterocycles. The van der Waals surface area contributed by atoms with Crippen molar-refractivity contribution in [1.82, 2.24) is 4.90 Å². The lowest BCUT2D eigenvalue weighted by atomic mass is 10.2. The molecule has 1 aromatic carbocycles. The Balaban J connectivity index is 2.25. The quantitative estimate of drug-likeness (QED) is 0.726. The number of amides is 1. The first kappa shape index (κ1) is 10.7. The third-order valence-corrected chi connectivity index (χ3v) is 2.89. The molecule has 0 bridgehead atoms. The number of hydrogen-bond donors (Lipinski definition) is 0. The molecular formula is C11H9BrClNO. The van der Waals surface area contributed by atoms with E-state index in [0.717, 1.165) is 4.47 Å². The molecule has 0 aliphatic carbocycles. The molecule has 2 rings (SSSR count). The van der Waals surface area contributed by atoms with Crippen LogP contribution in [0.5, 0.6) is 0 Å². The van der Waals surface area contributed by atoms with Gasteiger partial charge in [0.1, 0.15) is 0 Å². The summed E-state index contributed by atoms with van der Waals surface area (Å²) in [5.41, 5.74) is 0.623. The van der Waals surface area contributed by atoms with Crippen molar-refractivity contribution in [3.05, 3.63) is 45.4 Å². The highest BCUT2D eigenvalue weighted by Crippen LogP contribution is 2.21. The fraction of sp³-hybridized carbons (Fsp3) is 0.182. The van der Waals surface area contributed by atoms with Crippen LogP contribution in [0.3, 0.4) is 0 Å². The maximum Gasteiger partial charge on any atom is 0.254 e. The molecule has 0 aromatic heterocycles. The molecule has 2 nitrogen and oxygen atoms in total. The van der Waals surface area contributed by atoms with Gasteiger partial charge in [-0.15, -0.1) is 0 Å². The van der Waals surface area contributed by atoms with E-state index < -0.39 is 0 Å². The van der Waals surface area contributed by atoms with Crippen molar-refractivity contribution in [2.75, 3.05) is 13.1 Å². The highest BCUT2D eigenvalue weighted by molar-refractivity contribution is 9.10. The van der Waals surface area contributed by atoms with E-state index in [0.29, 0.717) is 23.7 Å². The fourth-order valence-electron chi connectivity index (χ4n) is 1.50. The van der Waals surface area contributed by atoms with Crippen LogP contribution in [0.4, 0.5) is 0 Å². The molecule has 15 heavy (non-hydrogen) atoms. The first-order valence-electron chi connectivity index (χ1n) is 4.57. The summed E-state index contributed by atoms with van der Waals surface area (Å²) in [7, 11) is 0. The standard InChI is InChI=1S/C11H9BrClNO/c12-9-5-8(6-10(13)7-9)11(15)14-3-1-2-4-14/h1-2,5-7H,3-4H2. The first-order valence-corrected chi connectivity index (χ1v) is 5.74. The van der Waals surface area contributed by atoms with Crippen LogP contribution < -0.4 is 0 Å². The average Bonchev–Trinajstić information content (AvgIpc) is 2.67. The van der Waals surface area contributed by atoms with Gasteiger partial charge in [0.25, 0.3) is 5.91 Å². The van der Waals surface area contributed by atoms with Crippen molar-refractivity contribution in [3.8, 4) is 0 Å². The molecule has 0 N–H and O–H groups in total. The van der Waals surface area contributed by atoms with E-state index in [2.05, 4.69) is 15.9 Å². The van der Waals surface area contributed by atoms with Crippen LogP contribution in [-0.4, -0.2) is 23.9 Å². The zero-order valence-electron chi connectivity index (χ0n) is 7.91. The highest BCUT2D eigenvalue weighted by Gasteiger charge is 2.16. The van der Waals surface area contributed by atoms with E-state index in [4.69, 9.17) is 11.6 Å². The van der Waals surface area contributed by atoms with Crippen molar-refractivity contribution in [2.45, 2.75) is 0 Å². The second-order valence-electron chi connectivity index (χ2n) is 3.34. The molecule has 1 aliphatic heterocycles. The van der Waals surface area contributed by atoms with Gasteiger partial charge in [-0.1, -0.05) is 39.7 Å². The van der Waals surface area contributed by atoms with E-state index in [9.17, 15) is 4.79 Å². The van der Waals surface area contributed by atoms with Gasteiger partial charge in [0.15, 0.2) is 0 Å². The Bertz CT molecular complexity index is 402. The first-order chi connectivity index (χ1) is 7.16. The lowest BCUT2D eigenvalue weighted by molar-refractivity contribution is 0.0800. The fourth-order valence-corrected chi connectivity index (χ4v) is 2.36. The molecule has 0 atom stereocenters. The highest BCUT2D eigenvalue weighted by atomic mass is 79.9. The topological polar surface area (TPSA) is 20.3 Å². The summed E-state index contributed by atoms with van der Waals surface area (Å²) < 4.78 is 0.825. The molecule has 4 heteroatoms. The van der Waals surface area contributed by atoms with Crippen LogP contribution in [0.1, 0.15) is 10.4 Å². The van der Waals surface area contributed by atoms with E-state index in [1.165, 1.54) is 0 Å². The summed E-state index contributed by atoms with van der Waals surface area (Å²) in [4.78, 5) is 13.7. The van der Waals surface area contributed by atoms with Crippen LogP contribution in [0.15, 0.2) is 34.8 Å². The number of benzene rings is 1. The molecule has 1 aromatic rings. The molecule has 0 radical (unpaired) electrons. The normalized spacial score (nSPS) is 14.7. The van der Waals surface area contributed by atoms with E-state index in [1.807, 2.05) is 12.2 Å². The smallest absolute Gasteiger partial charge is 0.254 e. The Labute approximate surface area is 102 Å².